The number of alkyl halides is 3. The summed E-state index contributed by atoms with van der Waals surface area (Å²) in [5.41, 5.74) is -1.73. The molecule has 16 heavy (non-hydrogen) atoms. The zero-order chi connectivity index (χ0) is 12.3. The number of nitrogens with zero attached hydrogens (tertiary/aromatic N) is 2. The molecule has 1 aromatic heterocycles. The van der Waals surface area contributed by atoms with Gasteiger partial charge in [0.15, 0.2) is 0 Å². The van der Waals surface area contributed by atoms with Gasteiger partial charge in [0.1, 0.15) is 17.3 Å². The number of hydrogen-bond acceptors (Lipinski definition) is 3. The molecule has 0 saturated carbocycles. The lowest BCUT2D eigenvalue weighted by atomic mass is 10.1. The molecule has 1 aromatic rings. The Balaban J connectivity index is 3.55. The lowest BCUT2D eigenvalue weighted by Crippen LogP contribution is -2.10. The van der Waals surface area contributed by atoms with Crippen molar-refractivity contribution in [3.8, 4) is 6.07 Å². The van der Waals surface area contributed by atoms with Gasteiger partial charge in [-0.1, -0.05) is 15.9 Å². The number of hydrogen-bond donors (Lipinski definition) is 1. The minimum Gasteiger partial charge on any atom is -0.478 e. The fourth-order valence-electron chi connectivity index (χ4n) is 1.16. The van der Waals surface area contributed by atoms with Crippen molar-refractivity contribution < 1.29 is 18.7 Å². The second kappa shape index (κ2) is 4.99. The van der Waals surface area contributed by atoms with Crippen LogP contribution in [0.1, 0.15) is 33.7 Å². The highest BCUT2D eigenvalue weighted by molar-refractivity contribution is 9.08. The summed E-state index contributed by atoms with van der Waals surface area (Å²) in [6.07, 6.45) is -3.03. The molecule has 0 saturated heterocycles. The van der Waals surface area contributed by atoms with Crippen LogP contribution in [0, 0.1) is 11.3 Å². The molecule has 0 unspecified atom stereocenters. The summed E-state index contributed by atoms with van der Waals surface area (Å²) in [5, 5.41) is 17.6. The molecule has 0 spiro atoms. The molecule has 0 amide bonds. The van der Waals surface area contributed by atoms with E-state index >= 15 is 0 Å². The average Bonchev–Trinajstić information content (AvgIpc) is 2.26. The molecule has 0 atom stereocenters. The SMILES string of the molecule is N#Cc1cc(CBr)nc(C(F)F)c1C(=O)O. The van der Waals surface area contributed by atoms with Crippen LogP contribution < -0.4 is 0 Å². The lowest BCUT2D eigenvalue weighted by molar-refractivity contribution is 0.0681. The van der Waals surface area contributed by atoms with E-state index in [2.05, 4.69) is 20.9 Å². The first-order chi connectivity index (χ1) is 7.51. The van der Waals surface area contributed by atoms with Crippen LogP contribution in [0.15, 0.2) is 6.07 Å². The quantitative estimate of drug-likeness (QED) is 0.868. The Labute approximate surface area is 97.7 Å². The van der Waals surface area contributed by atoms with Crippen LogP contribution in [0.25, 0.3) is 0 Å². The summed E-state index contributed by atoms with van der Waals surface area (Å²) in [7, 11) is 0. The Morgan fingerprint density at radius 1 is 1.69 bits per heavy atom. The summed E-state index contributed by atoms with van der Waals surface area (Å²) < 4.78 is 25.1. The standard InChI is InChI=1S/C9H5BrF2N2O2/c10-2-5-1-4(3-13)6(9(15)16)7(14-5)8(11)12/h1,8H,2H2,(H,15,16). The molecule has 0 radical (unpaired) electrons. The average molecular weight is 291 g/mol. The first-order valence-electron chi connectivity index (χ1n) is 4.02. The van der Waals surface area contributed by atoms with Crippen molar-refractivity contribution in [2.45, 2.75) is 11.8 Å². The van der Waals surface area contributed by atoms with Crippen LogP contribution in [-0.2, 0) is 5.33 Å². The Morgan fingerprint density at radius 2 is 2.31 bits per heavy atom. The maximum atomic E-state index is 12.6. The molecule has 0 aliphatic carbocycles. The van der Waals surface area contributed by atoms with Gasteiger partial charge in [-0.3, -0.25) is 0 Å². The number of carbonyl (C=O) groups is 1. The number of carboxylic acid groups (broad SMARTS) is 1. The first kappa shape index (κ1) is 12.5. The molecule has 0 aliphatic heterocycles. The van der Waals surface area contributed by atoms with Crippen LogP contribution in [0.3, 0.4) is 0 Å². The predicted molar refractivity (Wildman–Crippen MR) is 53.5 cm³/mol. The van der Waals surface area contributed by atoms with Crippen LogP contribution in [0.2, 0.25) is 0 Å². The van der Waals surface area contributed by atoms with E-state index in [9.17, 15) is 13.6 Å². The third-order valence-electron chi connectivity index (χ3n) is 1.78. The summed E-state index contributed by atoms with van der Waals surface area (Å²) in [4.78, 5) is 14.3. The molecule has 84 valence electrons. The maximum Gasteiger partial charge on any atom is 0.339 e. The molecule has 1 heterocycles. The van der Waals surface area contributed by atoms with Gasteiger partial charge in [0.05, 0.1) is 11.3 Å². The van der Waals surface area contributed by atoms with Crippen molar-refractivity contribution in [3.05, 3.63) is 28.6 Å². The Morgan fingerprint density at radius 3 is 2.69 bits per heavy atom. The van der Waals surface area contributed by atoms with Crippen molar-refractivity contribution in [2.24, 2.45) is 0 Å². The highest BCUT2D eigenvalue weighted by atomic mass is 79.9. The van der Waals surface area contributed by atoms with Crippen molar-refractivity contribution in [1.82, 2.24) is 4.98 Å². The van der Waals surface area contributed by atoms with Gasteiger partial charge in [0.25, 0.3) is 6.43 Å². The zero-order valence-corrected chi connectivity index (χ0v) is 9.33. The largest absolute Gasteiger partial charge is 0.478 e. The number of carboxylic acids is 1. The second-order valence-electron chi connectivity index (χ2n) is 2.77. The van der Waals surface area contributed by atoms with E-state index in [4.69, 9.17) is 10.4 Å². The minimum atomic E-state index is -3.03. The van der Waals surface area contributed by atoms with E-state index in [-0.39, 0.29) is 16.6 Å². The van der Waals surface area contributed by atoms with Gasteiger partial charge < -0.3 is 5.11 Å². The van der Waals surface area contributed by atoms with Gasteiger partial charge in [-0.15, -0.1) is 0 Å². The molecule has 0 aromatic carbocycles. The van der Waals surface area contributed by atoms with Gasteiger partial charge in [0.2, 0.25) is 0 Å². The monoisotopic (exact) mass is 290 g/mol. The van der Waals surface area contributed by atoms with E-state index in [0.717, 1.165) is 0 Å². The van der Waals surface area contributed by atoms with E-state index < -0.39 is 23.7 Å². The number of aromatic nitrogens is 1. The molecular weight excluding hydrogens is 286 g/mol. The molecule has 7 heteroatoms. The van der Waals surface area contributed by atoms with E-state index in [1.807, 2.05) is 0 Å². The van der Waals surface area contributed by atoms with Gasteiger partial charge in [-0.05, 0) is 6.07 Å². The number of aromatic carboxylic acids is 1. The lowest BCUT2D eigenvalue weighted by Gasteiger charge is -2.07. The summed E-state index contributed by atoms with van der Waals surface area (Å²) >= 11 is 3.00. The van der Waals surface area contributed by atoms with Crippen molar-refractivity contribution in [1.29, 1.82) is 5.26 Å². The molecule has 0 bridgehead atoms. The normalized spacial score (nSPS) is 10.2. The predicted octanol–water partition coefficient (Wildman–Crippen LogP) is 2.48. The molecule has 0 fully saturated rings. The van der Waals surface area contributed by atoms with E-state index in [0.29, 0.717) is 0 Å². The number of rotatable bonds is 3. The third kappa shape index (κ3) is 2.33. The zero-order valence-electron chi connectivity index (χ0n) is 7.75. The summed E-state index contributed by atoms with van der Waals surface area (Å²) in [6, 6.07) is 2.74. The van der Waals surface area contributed by atoms with Crippen molar-refractivity contribution in [2.75, 3.05) is 0 Å². The molecule has 4 nitrogen and oxygen atoms in total. The van der Waals surface area contributed by atoms with E-state index in [1.165, 1.54) is 6.07 Å². The topological polar surface area (TPSA) is 74.0 Å². The second-order valence-corrected chi connectivity index (χ2v) is 3.33. The van der Waals surface area contributed by atoms with Crippen LogP contribution in [0.4, 0.5) is 8.78 Å². The maximum absolute atomic E-state index is 12.6. The fourth-order valence-corrected chi connectivity index (χ4v) is 1.45. The molecular formula is C9H5BrF2N2O2. The highest BCUT2D eigenvalue weighted by Crippen LogP contribution is 2.25. The summed E-state index contributed by atoms with van der Waals surface area (Å²) in [5.74, 6) is -1.58. The molecule has 1 rings (SSSR count). The van der Waals surface area contributed by atoms with E-state index in [1.54, 1.807) is 6.07 Å². The molecule has 0 aliphatic rings. The van der Waals surface area contributed by atoms with Crippen LogP contribution >= 0.6 is 15.9 Å². The van der Waals surface area contributed by atoms with Gasteiger partial charge in [-0.25, -0.2) is 18.6 Å². The van der Waals surface area contributed by atoms with Crippen molar-refractivity contribution in [3.63, 3.8) is 0 Å². The van der Waals surface area contributed by atoms with Gasteiger partial charge >= 0.3 is 5.97 Å². The number of nitriles is 1. The summed E-state index contributed by atoms with van der Waals surface area (Å²) in [6.45, 7) is 0. The van der Waals surface area contributed by atoms with Gasteiger partial charge in [0, 0.05) is 5.33 Å². The first-order valence-corrected chi connectivity index (χ1v) is 5.14. The number of pyridine rings is 1. The minimum absolute atomic E-state index is 0.168. The Bertz CT molecular complexity index is 471. The van der Waals surface area contributed by atoms with Crippen LogP contribution in [0.5, 0.6) is 0 Å². The Kier molecular flexibility index (Phi) is 3.90. The smallest absolute Gasteiger partial charge is 0.339 e. The fraction of sp³-hybridized carbons (Fsp3) is 0.222. The van der Waals surface area contributed by atoms with Gasteiger partial charge in [-0.2, -0.15) is 5.26 Å². The molecule has 1 N–H and O–H groups in total. The number of halogens is 3. The highest BCUT2D eigenvalue weighted by Gasteiger charge is 2.24. The van der Waals surface area contributed by atoms with Crippen LogP contribution in [-0.4, -0.2) is 16.1 Å². The third-order valence-corrected chi connectivity index (χ3v) is 2.35. The Hall–Kier alpha value is -1.55. The van der Waals surface area contributed by atoms with Crippen molar-refractivity contribution >= 4 is 21.9 Å².